The van der Waals surface area contributed by atoms with Gasteiger partial charge in [-0.3, -0.25) is 9.97 Å². The number of benzene rings is 1. The average molecular weight is 263 g/mol. The van der Waals surface area contributed by atoms with Gasteiger partial charge in [-0.1, -0.05) is 24.3 Å². The van der Waals surface area contributed by atoms with E-state index in [1.54, 1.807) is 6.20 Å². The molecule has 1 N–H and O–H groups in total. The standard InChI is InChI=1S/C17H17N3/c1-13(14-6-3-8-18-10-14)20-12-16-5-2-4-15-11-19-9-7-17(15)16/h2-11,13,20H,12H2,1H3. The Morgan fingerprint density at radius 3 is 2.75 bits per heavy atom. The van der Waals surface area contributed by atoms with Crippen molar-refractivity contribution < 1.29 is 0 Å². The molecule has 3 nitrogen and oxygen atoms in total. The topological polar surface area (TPSA) is 37.8 Å². The van der Waals surface area contributed by atoms with Crippen LogP contribution in [0.15, 0.2) is 61.2 Å². The van der Waals surface area contributed by atoms with Crippen molar-refractivity contribution in [2.24, 2.45) is 0 Å². The molecule has 0 fully saturated rings. The molecule has 1 aromatic carbocycles. The van der Waals surface area contributed by atoms with Crippen LogP contribution in [-0.4, -0.2) is 9.97 Å². The van der Waals surface area contributed by atoms with E-state index < -0.39 is 0 Å². The molecule has 0 spiro atoms. The van der Waals surface area contributed by atoms with Crippen LogP contribution in [0.25, 0.3) is 10.8 Å². The third-order valence-electron chi connectivity index (χ3n) is 3.55. The second-order valence-corrected chi connectivity index (χ2v) is 4.90. The van der Waals surface area contributed by atoms with Crippen molar-refractivity contribution in [3.8, 4) is 0 Å². The summed E-state index contributed by atoms with van der Waals surface area (Å²) >= 11 is 0. The smallest absolute Gasteiger partial charge is 0.0346 e. The van der Waals surface area contributed by atoms with Gasteiger partial charge >= 0.3 is 0 Å². The van der Waals surface area contributed by atoms with Crippen LogP contribution in [0.2, 0.25) is 0 Å². The number of aromatic nitrogens is 2. The number of rotatable bonds is 4. The number of hydrogen-bond acceptors (Lipinski definition) is 3. The zero-order valence-corrected chi connectivity index (χ0v) is 11.5. The van der Waals surface area contributed by atoms with E-state index in [1.165, 1.54) is 21.9 Å². The van der Waals surface area contributed by atoms with Gasteiger partial charge in [0, 0.05) is 42.8 Å². The van der Waals surface area contributed by atoms with E-state index in [4.69, 9.17) is 0 Å². The summed E-state index contributed by atoms with van der Waals surface area (Å²) in [5.41, 5.74) is 2.50. The van der Waals surface area contributed by atoms with E-state index in [0.717, 1.165) is 6.54 Å². The summed E-state index contributed by atoms with van der Waals surface area (Å²) in [6, 6.07) is 12.7. The van der Waals surface area contributed by atoms with E-state index in [1.807, 2.05) is 24.7 Å². The van der Waals surface area contributed by atoms with E-state index in [9.17, 15) is 0 Å². The lowest BCUT2D eigenvalue weighted by Gasteiger charge is -2.14. The van der Waals surface area contributed by atoms with E-state index >= 15 is 0 Å². The summed E-state index contributed by atoms with van der Waals surface area (Å²) in [7, 11) is 0. The van der Waals surface area contributed by atoms with Gasteiger partial charge in [0.2, 0.25) is 0 Å². The fraction of sp³-hybridized carbons (Fsp3) is 0.176. The number of fused-ring (bicyclic) bond motifs is 1. The first kappa shape index (κ1) is 12.8. The minimum absolute atomic E-state index is 0.279. The molecular weight excluding hydrogens is 246 g/mol. The minimum atomic E-state index is 0.279. The maximum Gasteiger partial charge on any atom is 0.0346 e. The molecule has 3 aromatic rings. The Bertz CT molecular complexity index is 689. The van der Waals surface area contributed by atoms with Crippen LogP contribution < -0.4 is 5.32 Å². The molecule has 0 amide bonds. The third-order valence-corrected chi connectivity index (χ3v) is 3.55. The average Bonchev–Trinajstić information content (AvgIpc) is 2.53. The zero-order valence-electron chi connectivity index (χ0n) is 11.5. The highest BCUT2D eigenvalue weighted by atomic mass is 14.9. The van der Waals surface area contributed by atoms with Gasteiger partial charge in [-0.05, 0) is 35.6 Å². The molecule has 2 aromatic heterocycles. The highest BCUT2D eigenvalue weighted by molar-refractivity contribution is 5.84. The molecule has 20 heavy (non-hydrogen) atoms. The molecule has 3 heteroatoms. The Kier molecular flexibility index (Phi) is 3.70. The van der Waals surface area contributed by atoms with Crippen molar-refractivity contribution in [3.05, 3.63) is 72.3 Å². The van der Waals surface area contributed by atoms with Crippen LogP contribution in [0, 0.1) is 0 Å². The summed E-state index contributed by atoms with van der Waals surface area (Å²) in [6.07, 6.45) is 7.46. The molecule has 1 atom stereocenters. The van der Waals surface area contributed by atoms with Gasteiger partial charge in [0.25, 0.3) is 0 Å². The predicted octanol–water partition coefficient (Wildman–Crippen LogP) is 3.48. The van der Waals surface area contributed by atoms with Gasteiger partial charge in [0.05, 0.1) is 0 Å². The maximum absolute atomic E-state index is 4.17. The number of pyridine rings is 2. The largest absolute Gasteiger partial charge is 0.306 e. The first-order valence-electron chi connectivity index (χ1n) is 6.79. The Labute approximate surface area is 118 Å². The van der Waals surface area contributed by atoms with Gasteiger partial charge < -0.3 is 5.32 Å². The minimum Gasteiger partial charge on any atom is -0.306 e. The summed E-state index contributed by atoms with van der Waals surface area (Å²) in [6.45, 7) is 2.99. The quantitative estimate of drug-likeness (QED) is 0.783. The molecule has 1 unspecified atom stereocenters. The Morgan fingerprint density at radius 1 is 1.00 bits per heavy atom. The number of hydrogen-bond donors (Lipinski definition) is 1. The van der Waals surface area contributed by atoms with Crippen LogP contribution in [0.4, 0.5) is 0 Å². The molecule has 100 valence electrons. The third kappa shape index (κ3) is 2.68. The predicted molar refractivity (Wildman–Crippen MR) is 81.2 cm³/mol. The van der Waals surface area contributed by atoms with Gasteiger partial charge in [-0.25, -0.2) is 0 Å². The Morgan fingerprint density at radius 2 is 1.90 bits per heavy atom. The lowest BCUT2D eigenvalue weighted by Crippen LogP contribution is -2.18. The van der Waals surface area contributed by atoms with Gasteiger partial charge in [0.15, 0.2) is 0 Å². The summed E-state index contributed by atoms with van der Waals surface area (Å²) < 4.78 is 0. The summed E-state index contributed by atoms with van der Waals surface area (Å²) in [4.78, 5) is 8.33. The fourth-order valence-electron chi connectivity index (χ4n) is 2.36. The highest BCUT2D eigenvalue weighted by Gasteiger charge is 2.06. The lowest BCUT2D eigenvalue weighted by molar-refractivity contribution is 0.575. The van der Waals surface area contributed by atoms with Crippen molar-refractivity contribution >= 4 is 10.8 Å². The van der Waals surface area contributed by atoms with Crippen molar-refractivity contribution in [1.29, 1.82) is 0 Å². The SMILES string of the molecule is CC(NCc1cccc2cnccc12)c1cccnc1. The Balaban J connectivity index is 1.77. The first-order chi connectivity index (χ1) is 9.84. The maximum atomic E-state index is 4.17. The molecule has 0 saturated heterocycles. The Hall–Kier alpha value is -2.26. The van der Waals surface area contributed by atoms with Crippen LogP contribution >= 0.6 is 0 Å². The van der Waals surface area contributed by atoms with Crippen LogP contribution in [0.3, 0.4) is 0 Å². The van der Waals surface area contributed by atoms with Gasteiger partial charge in [-0.15, -0.1) is 0 Å². The zero-order chi connectivity index (χ0) is 13.8. The summed E-state index contributed by atoms with van der Waals surface area (Å²) in [5, 5.41) is 5.99. The normalized spacial score (nSPS) is 12.4. The molecule has 0 bridgehead atoms. The second-order valence-electron chi connectivity index (χ2n) is 4.90. The first-order valence-corrected chi connectivity index (χ1v) is 6.79. The van der Waals surface area contributed by atoms with Gasteiger partial charge in [0.1, 0.15) is 0 Å². The van der Waals surface area contributed by atoms with E-state index in [0.29, 0.717) is 0 Å². The van der Waals surface area contributed by atoms with Crippen molar-refractivity contribution in [1.82, 2.24) is 15.3 Å². The molecule has 0 radical (unpaired) electrons. The fourth-order valence-corrected chi connectivity index (χ4v) is 2.36. The van der Waals surface area contributed by atoms with Crippen molar-refractivity contribution in [3.63, 3.8) is 0 Å². The molecule has 0 aliphatic carbocycles. The second kappa shape index (κ2) is 5.80. The van der Waals surface area contributed by atoms with Gasteiger partial charge in [-0.2, -0.15) is 0 Å². The highest BCUT2D eigenvalue weighted by Crippen LogP contribution is 2.18. The van der Waals surface area contributed by atoms with Crippen molar-refractivity contribution in [2.75, 3.05) is 0 Å². The van der Waals surface area contributed by atoms with Crippen molar-refractivity contribution in [2.45, 2.75) is 19.5 Å². The van der Waals surface area contributed by atoms with Crippen LogP contribution in [-0.2, 0) is 6.54 Å². The van der Waals surface area contributed by atoms with Crippen LogP contribution in [0.1, 0.15) is 24.1 Å². The molecule has 0 saturated carbocycles. The van der Waals surface area contributed by atoms with E-state index in [-0.39, 0.29) is 6.04 Å². The van der Waals surface area contributed by atoms with Crippen LogP contribution in [0.5, 0.6) is 0 Å². The molecule has 0 aliphatic rings. The van der Waals surface area contributed by atoms with E-state index in [2.05, 4.69) is 52.5 Å². The molecule has 2 heterocycles. The number of nitrogens with one attached hydrogen (secondary N) is 1. The summed E-state index contributed by atoms with van der Waals surface area (Å²) in [5.74, 6) is 0. The molecule has 3 rings (SSSR count). The number of nitrogens with zero attached hydrogens (tertiary/aromatic N) is 2. The molecule has 0 aliphatic heterocycles. The molecular formula is C17H17N3. The monoisotopic (exact) mass is 263 g/mol. The lowest BCUT2D eigenvalue weighted by atomic mass is 10.1.